The zero-order chi connectivity index (χ0) is 14.1. The number of carbonyl (C=O) groups is 1. The second kappa shape index (κ2) is 23.8. The lowest BCUT2D eigenvalue weighted by molar-refractivity contribution is -0.113. The lowest BCUT2D eigenvalue weighted by Crippen LogP contribution is -2.24. The molecule has 0 spiro atoms. The topological polar surface area (TPSA) is 69.1 Å². The first-order chi connectivity index (χ1) is 7.54. The van der Waals surface area contributed by atoms with E-state index in [2.05, 4.69) is 0 Å². The summed E-state index contributed by atoms with van der Waals surface area (Å²) >= 11 is 0. The molecule has 0 fully saturated rings. The summed E-state index contributed by atoms with van der Waals surface area (Å²) in [6.07, 6.45) is 2.91. The van der Waals surface area contributed by atoms with Crippen molar-refractivity contribution in [1.82, 2.24) is 0 Å². The van der Waals surface area contributed by atoms with E-state index in [9.17, 15) is 4.79 Å². The SMILES string of the molecule is CC.CC.CC.CC(C)C(N)/C=C/C(N)=O. The fourth-order valence-electron chi connectivity index (χ4n) is 0.428. The molecule has 1 unspecified atom stereocenters. The largest absolute Gasteiger partial charge is 0.366 e. The van der Waals surface area contributed by atoms with Gasteiger partial charge in [-0.3, -0.25) is 4.79 Å². The maximum atomic E-state index is 10.2. The molecular weight excluding hydrogens is 200 g/mol. The van der Waals surface area contributed by atoms with Crippen LogP contribution in [0.15, 0.2) is 12.2 Å². The van der Waals surface area contributed by atoms with Crippen LogP contribution in [-0.2, 0) is 4.79 Å². The first-order valence-corrected chi connectivity index (χ1v) is 6.27. The fraction of sp³-hybridized carbons (Fsp3) is 0.769. The van der Waals surface area contributed by atoms with E-state index in [4.69, 9.17) is 11.5 Å². The minimum atomic E-state index is -0.448. The molecule has 0 saturated heterocycles. The van der Waals surface area contributed by atoms with E-state index >= 15 is 0 Å². The van der Waals surface area contributed by atoms with Gasteiger partial charge in [0.15, 0.2) is 0 Å². The fourth-order valence-corrected chi connectivity index (χ4v) is 0.428. The van der Waals surface area contributed by atoms with Crippen LogP contribution in [0.5, 0.6) is 0 Å². The zero-order valence-electron chi connectivity index (χ0n) is 12.4. The average molecular weight is 232 g/mol. The molecule has 4 N–H and O–H groups in total. The van der Waals surface area contributed by atoms with Crippen molar-refractivity contribution in [2.45, 2.75) is 61.4 Å². The Bertz CT molecular complexity index is 143. The monoisotopic (exact) mass is 232 g/mol. The third-order valence-corrected chi connectivity index (χ3v) is 1.25. The Morgan fingerprint density at radius 1 is 1.00 bits per heavy atom. The smallest absolute Gasteiger partial charge is 0.241 e. The number of carbonyl (C=O) groups excluding carboxylic acids is 1. The van der Waals surface area contributed by atoms with Crippen molar-refractivity contribution in [2.75, 3.05) is 0 Å². The summed E-state index contributed by atoms with van der Waals surface area (Å²) in [6, 6.07) is -0.0764. The van der Waals surface area contributed by atoms with Crippen LogP contribution in [0.2, 0.25) is 0 Å². The second-order valence-electron chi connectivity index (χ2n) is 2.58. The summed E-state index contributed by atoms with van der Waals surface area (Å²) < 4.78 is 0. The van der Waals surface area contributed by atoms with E-state index < -0.39 is 5.91 Å². The van der Waals surface area contributed by atoms with E-state index in [1.807, 2.05) is 55.4 Å². The van der Waals surface area contributed by atoms with Crippen LogP contribution < -0.4 is 11.5 Å². The van der Waals surface area contributed by atoms with E-state index in [0.717, 1.165) is 0 Å². The molecule has 3 heteroatoms. The molecule has 0 aromatic carbocycles. The van der Waals surface area contributed by atoms with E-state index in [1.54, 1.807) is 6.08 Å². The van der Waals surface area contributed by atoms with Crippen LogP contribution in [0.25, 0.3) is 0 Å². The molecule has 100 valence electrons. The molecule has 0 heterocycles. The van der Waals surface area contributed by atoms with Gasteiger partial charge in [-0.25, -0.2) is 0 Å². The van der Waals surface area contributed by atoms with Gasteiger partial charge in [0.1, 0.15) is 0 Å². The third kappa shape index (κ3) is 29.2. The quantitative estimate of drug-likeness (QED) is 0.734. The third-order valence-electron chi connectivity index (χ3n) is 1.25. The van der Waals surface area contributed by atoms with Gasteiger partial charge in [0, 0.05) is 12.1 Å². The number of primary amides is 1. The highest BCUT2D eigenvalue weighted by molar-refractivity contribution is 5.85. The van der Waals surface area contributed by atoms with Gasteiger partial charge in [-0.05, 0) is 5.92 Å². The maximum absolute atomic E-state index is 10.2. The van der Waals surface area contributed by atoms with Gasteiger partial charge < -0.3 is 11.5 Å². The molecule has 0 aromatic rings. The molecule has 0 radical (unpaired) electrons. The molecule has 1 amide bonds. The summed E-state index contributed by atoms with van der Waals surface area (Å²) in [4.78, 5) is 10.2. The number of nitrogens with two attached hydrogens (primary N) is 2. The Hall–Kier alpha value is -0.830. The number of hydrogen-bond acceptors (Lipinski definition) is 2. The van der Waals surface area contributed by atoms with Crippen molar-refractivity contribution in [3.63, 3.8) is 0 Å². The van der Waals surface area contributed by atoms with Crippen LogP contribution in [-0.4, -0.2) is 11.9 Å². The summed E-state index contributed by atoms with van der Waals surface area (Å²) in [5, 5.41) is 0. The van der Waals surface area contributed by atoms with Gasteiger partial charge in [0.05, 0.1) is 0 Å². The Morgan fingerprint density at radius 3 is 1.50 bits per heavy atom. The standard InChI is InChI=1S/C7H14N2O.3C2H6/c1-5(2)6(8)3-4-7(9)10;3*1-2/h3-6H,8H2,1-2H3,(H2,9,10);3*1-2H3/b4-3+;;;. The molecule has 0 rings (SSSR count). The molecule has 16 heavy (non-hydrogen) atoms. The molecule has 0 aliphatic carbocycles. The lowest BCUT2D eigenvalue weighted by atomic mass is 10.1. The van der Waals surface area contributed by atoms with Gasteiger partial charge >= 0.3 is 0 Å². The Morgan fingerprint density at radius 2 is 1.31 bits per heavy atom. The first-order valence-electron chi connectivity index (χ1n) is 6.27. The molecule has 0 aliphatic rings. The van der Waals surface area contributed by atoms with Crippen molar-refractivity contribution >= 4 is 5.91 Å². The molecule has 0 bridgehead atoms. The van der Waals surface area contributed by atoms with Crippen LogP contribution in [0.4, 0.5) is 0 Å². The van der Waals surface area contributed by atoms with Gasteiger partial charge in [-0.1, -0.05) is 61.5 Å². The summed E-state index contributed by atoms with van der Waals surface area (Å²) in [6.45, 7) is 16.0. The normalized spacial score (nSPS) is 10.1. The Labute approximate surface area is 102 Å². The van der Waals surface area contributed by atoms with Gasteiger partial charge in [-0.2, -0.15) is 0 Å². The molecule has 0 saturated carbocycles. The summed E-state index contributed by atoms with van der Waals surface area (Å²) in [5.41, 5.74) is 10.4. The van der Waals surface area contributed by atoms with Crippen LogP contribution in [0, 0.1) is 5.92 Å². The Kier molecular flexibility index (Phi) is 36.3. The van der Waals surface area contributed by atoms with Gasteiger partial charge in [-0.15, -0.1) is 0 Å². The van der Waals surface area contributed by atoms with Gasteiger partial charge in [0.25, 0.3) is 0 Å². The van der Waals surface area contributed by atoms with Crippen molar-refractivity contribution in [3.8, 4) is 0 Å². The summed E-state index contributed by atoms with van der Waals surface area (Å²) in [7, 11) is 0. The molecule has 1 atom stereocenters. The molecule has 0 aliphatic heterocycles. The highest BCUT2D eigenvalue weighted by Gasteiger charge is 2.01. The summed E-state index contributed by atoms with van der Waals surface area (Å²) in [5.74, 6) is -0.105. The highest BCUT2D eigenvalue weighted by Crippen LogP contribution is 1.98. The number of hydrogen-bond donors (Lipinski definition) is 2. The molecule has 3 nitrogen and oxygen atoms in total. The van der Waals surface area contributed by atoms with Crippen LogP contribution in [0.1, 0.15) is 55.4 Å². The number of rotatable bonds is 3. The molecular formula is C13H32N2O. The van der Waals surface area contributed by atoms with E-state index in [-0.39, 0.29) is 6.04 Å². The van der Waals surface area contributed by atoms with Crippen molar-refractivity contribution in [1.29, 1.82) is 0 Å². The Balaban J connectivity index is -0.000000103. The van der Waals surface area contributed by atoms with Crippen LogP contribution in [0.3, 0.4) is 0 Å². The minimum Gasteiger partial charge on any atom is -0.366 e. The predicted octanol–water partition coefficient (Wildman–Crippen LogP) is 3.09. The first kappa shape index (κ1) is 24.4. The van der Waals surface area contributed by atoms with Crippen molar-refractivity contribution in [3.05, 3.63) is 12.2 Å². The van der Waals surface area contributed by atoms with E-state index in [1.165, 1.54) is 6.08 Å². The van der Waals surface area contributed by atoms with Gasteiger partial charge in [0.2, 0.25) is 5.91 Å². The van der Waals surface area contributed by atoms with Crippen molar-refractivity contribution in [2.24, 2.45) is 17.4 Å². The number of amides is 1. The predicted molar refractivity (Wildman–Crippen MR) is 75.2 cm³/mol. The maximum Gasteiger partial charge on any atom is 0.241 e. The minimum absolute atomic E-state index is 0.0764. The second-order valence-corrected chi connectivity index (χ2v) is 2.58. The van der Waals surface area contributed by atoms with Crippen LogP contribution >= 0.6 is 0 Å². The average Bonchev–Trinajstić information content (AvgIpc) is 2.33. The lowest BCUT2D eigenvalue weighted by Gasteiger charge is -2.08. The van der Waals surface area contributed by atoms with Crippen molar-refractivity contribution < 1.29 is 4.79 Å². The highest BCUT2D eigenvalue weighted by atomic mass is 16.1. The van der Waals surface area contributed by atoms with E-state index in [0.29, 0.717) is 5.92 Å². The zero-order valence-corrected chi connectivity index (χ0v) is 12.4. The molecule has 0 aromatic heterocycles.